The third-order valence-corrected chi connectivity index (χ3v) is 9.28. The summed E-state index contributed by atoms with van der Waals surface area (Å²) in [5.41, 5.74) is 5.85. The van der Waals surface area contributed by atoms with E-state index in [1.165, 1.54) is 35.8 Å². The molecule has 40 heavy (non-hydrogen) atoms. The van der Waals surface area contributed by atoms with E-state index in [-0.39, 0.29) is 24.9 Å². The van der Waals surface area contributed by atoms with Crippen LogP contribution >= 0.6 is 15.9 Å². The number of halogens is 2. The van der Waals surface area contributed by atoms with Crippen LogP contribution in [0, 0.1) is 0 Å². The molecule has 2 unspecified atom stereocenters. The van der Waals surface area contributed by atoms with Crippen LogP contribution in [0.1, 0.15) is 70.3 Å². The first-order valence-corrected chi connectivity index (χ1v) is 14.4. The number of benzene rings is 2. The van der Waals surface area contributed by atoms with Gasteiger partial charge in [-0.25, -0.2) is 14.1 Å². The number of hydrogen-bond donors (Lipinski definition) is 1. The fourth-order valence-electron chi connectivity index (χ4n) is 6.34. The summed E-state index contributed by atoms with van der Waals surface area (Å²) in [6, 6.07) is 11.4. The summed E-state index contributed by atoms with van der Waals surface area (Å²) in [5.74, 6) is 0.0462. The lowest BCUT2D eigenvalue weighted by Crippen LogP contribution is -2.46. The lowest BCUT2D eigenvalue weighted by molar-refractivity contribution is -0.127. The Hall–Kier alpha value is -3.79. The number of hydrogen-bond acceptors (Lipinski definition) is 4. The normalized spacial score (nSPS) is 20.6. The summed E-state index contributed by atoms with van der Waals surface area (Å²) in [5, 5.41) is 4.79. The highest BCUT2D eigenvalue weighted by Crippen LogP contribution is 2.42. The smallest absolute Gasteiger partial charge is 0.256 e. The van der Waals surface area contributed by atoms with Crippen molar-refractivity contribution in [3.05, 3.63) is 87.9 Å². The molecule has 10 heteroatoms. The van der Waals surface area contributed by atoms with Crippen molar-refractivity contribution in [2.75, 3.05) is 19.6 Å². The highest BCUT2D eigenvalue weighted by molar-refractivity contribution is 9.10. The second-order valence-electron chi connectivity index (χ2n) is 10.8. The molecule has 2 atom stereocenters. The number of nitrogens with zero attached hydrogens (tertiary/aromatic N) is 5. The molecule has 8 nitrogen and oxygen atoms in total. The lowest BCUT2D eigenvalue weighted by Gasteiger charge is -2.37. The van der Waals surface area contributed by atoms with E-state index < -0.39 is 12.2 Å². The van der Waals surface area contributed by atoms with Crippen LogP contribution in [0.2, 0.25) is 0 Å². The summed E-state index contributed by atoms with van der Waals surface area (Å²) in [4.78, 5) is 37.4. The maximum atomic E-state index is 15.9. The van der Waals surface area contributed by atoms with Gasteiger partial charge in [0.15, 0.2) is 6.17 Å². The fourth-order valence-corrected chi connectivity index (χ4v) is 6.77. The Labute approximate surface area is 239 Å². The molecule has 2 aliphatic heterocycles. The summed E-state index contributed by atoms with van der Waals surface area (Å²) in [6.07, 6.45) is 5.49. The first-order valence-electron chi connectivity index (χ1n) is 13.6. The van der Waals surface area contributed by atoms with Crippen LogP contribution in [0.15, 0.2) is 59.9 Å². The van der Waals surface area contributed by atoms with Crippen LogP contribution < -0.4 is 0 Å². The maximum Gasteiger partial charge on any atom is 0.256 e. The van der Waals surface area contributed by atoms with E-state index in [1.54, 1.807) is 23.4 Å². The highest BCUT2D eigenvalue weighted by Gasteiger charge is 2.43. The van der Waals surface area contributed by atoms with Gasteiger partial charge >= 0.3 is 0 Å². The topological polar surface area (TPSA) is 87.1 Å². The van der Waals surface area contributed by atoms with Crippen LogP contribution in [0.4, 0.5) is 4.39 Å². The summed E-state index contributed by atoms with van der Waals surface area (Å²) >= 11 is 3.50. The van der Waals surface area contributed by atoms with Gasteiger partial charge in [-0.15, -0.1) is 0 Å². The second-order valence-corrected chi connectivity index (χ2v) is 11.6. The molecule has 0 saturated heterocycles. The number of imidazole rings is 1. The van der Waals surface area contributed by atoms with E-state index in [9.17, 15) is 9.59 Å². The molecule has 4 aromatic rings. The highest BCUT2D eigenvalue weighted by atomic mass is 79.9. The largest absolute Gasteiger partial charge is 0.344 e. The van der Waals surface area contributed by atoms with Crippen molar-refractivity contribution in [3.63, 3.8) is 0 Å². The van der Waals surface area contributed by atoms with E-state index in [0.29, 0.717) is 46.7 Å². The van der Waals surface area contributed by atoms with E-state index in [4.69, 9.17) is 5.10 Å². The Bertz CT molecular complexity index is 1660. The predicted molar refractivity (Wildman–Crippen MR) is 152 cm³/mol. The van der Waals surface area contributed by atoms with Crippen LogP contribution in [0.5, 0.6) is 0 Å². The zero-order chi connectivity index (χ0) is 27.5. The molecule has 0 spiro atoms. The van der Waals surface area contributed by atoms with Gasteiger partial charge in [0.2, 0.25) is 5.91 Å². The maximum absolute atomic E-state index is 15.9. The van der Waals surface area contributed by atoms with Crippen molar-refractivity contribution in [2.45, 2.75) is 43.8 Å². The Kier molecular flexibility index (Phi) is 6.10. The Morgan fingerprint density at radius 1 is 1.12 bits per heavy atom. The van der Waals surface area contributed by atoms with Crippen molar-refractivity contribution in [3.8, 4) is 5.69 Å². The molecule has 0 bridgehead atoms. The van der Waals surface area contributed by atoms with Gasteiger partial charge in [0, 0.05) is 29.5 Å². The van der Waals surface area contributed by atoms with Crippen LogP contribution in [-0.2, 0) is 11.2 Å². The molecule has 7 rings (SSSR count). The number of aromatic nitrogens is 4. The Balaban J connectivity index is 1.32. The van der Waals surface area contributed by atoms with Crippen molar-refractivity contribution in [2.24, 2.45) is 0 Å². The molecule has 1 fully saturated rings. The molecule has 1 N–H and O–H groups in total. The SMILES string of the molecule is C=CC(=O)N1CC(F)c2nn(-c3ccc(C4CCC4)cc3)c3c2C(C1)N(C(=O)c1ccc(Br)c2nc[nH]c12)CC3. The number of carbonyl (C=O) groups excluding carboxylic acids is 2. The number of amides is 2. The molecule has 4 heterocycles. The van der Waals surface area contributed by atoms with Gasteiger partial charge in [-0.05, 0) is 70.6 Å². The predicted octanol–water partition coefficient (Wildman–Crippen LogP) is 5.56. The molecule has 2 aromatic heterocycles. The quantitative estimate of drug-likeness (QED) is 0.310. The first-order chi connectivity index (χ1) is 19.4. The zero-order valence-electron chi connectivity index (χ0n) is 21.8. The number of carbonyl (C=O) groups is 2. The zero-order valence-corrected chi connectivity index (χ0v) is 23.4. The van der Waals surface area contributed by atoms with Gasteiger partial charge in [-0.1, -0.05) is 25.1 Å². The lowest BCUT2D eigenvalue weighted by atomic mass is 9.80. The summed E-state index contributed by atoms with van der Waals surface area (Å²) < 4.78 is 18.5. The number of alkyl halides is 1. The molecule has 3 aliphatic rings. The van der Waals surface area contributed by atoms with Crippen molar-refractivity contribution >= 4 is 38.8 Å². The van der Waals surface area contributed by atoms with E-state index >= 15 is 4.39 Å². The van der Waals surface area contributed by atoms with Crippen molar-refractivity contribution in [1.82, 2.24) is 29.5 Å². The molecule has 2 amide bonds. The number of fused-ring (bicyclic) bond motifs is 1. The van der Waals surface area contributed by atoms with Gasteiger partial charge in [-0.3, -0.25) is 9.59 Å². The monoisotopic (exact) mass is 602 g/mol. The minimum Gasteiger partial charge on any atom is -0.344 e. The van der Waals surface area contributed by atoms with Gasteiger partial charge in [0.1, 0.15) is 11.2 Å². The molecule has 204 valence electrons. The summed E-state index contributed by atoms with van der Waals surface area (Å²) in [7, 11) is 0. The van der Waals surface area contributed by atoms with Gasteiger partial charge < -0.3 is 14.8 Å². The van der Waals surface area contributed by atoms with E-state index in [2.05, 4.69) is 56.7 Å². The van der Waals surface area contributed by atoms with Gasteiger partial charge in [0.05, 0.1) is 41.4 Å². The second kappa shape index (κ2) is 9.69. The number of aromatic amines is 1. The average molecular weight is 603 g/mol. The number of rotatable bonds is 4. The van der Waals surface area contributed by atoms with Crippen LogP contribution in [0.3, 0.4) is 0 Å². The third-order valence-electron chi connectivity index (χ3n) is 8.64. The average Bonchev–Trinajstić information content (AvgIpc) is 3.55. The molecule has 1 aliphatic carbocycles. The minimum absolute atomic E-state index is 0.142. The van der Waals surface area contributed by atoms with Crippen LogP contribution in [-0.4, -0.2) is 61.0 Å². The number of H-pyrrole nitrogens is 1. The minimum atomic E-state index is -1.49. The standard InChI is InChI=1S/C30H28BrFN6O2/c1-2-25(39)36-14-22(32)29-26-23(38(35-29)19-8-6-18(7-9-19)17-4-3-5-17)12-13-37(24(26)15-36)30(40)20-10-11-21(31)28-27(20)33-16-34-28/h2,6-11,16-17,22,24H,1,3-5,12-15H2,(H,33,34). The van der Waals surface area contributed by atoms with Crippen LogP contribution in [0.25, 0.3) is 16.7 Å². The Morgan fingerprint density at radius 3 is 2.65 bits per heavy atom. The molecular weight excluding hydrogens is 575 g/mol. The fraction of sp³-hybridized carbons (Fsp3) is 0.333. The molecule has 1 saturated carbocycles. The van der Waals surface area contributed by atoms with Gasteiger partial charge in [0.25, 0.3) is 5.91 Å². The van der Waals surface area contributed by atoms with Gasteiger partial charge in [-0.2, -0.15) is 5.10 Å². The third kappa shape index (κ3) is 3.91. The van der Waals surface area contributed by atoms with E-state index in [0.717, 1.165) is 15.9 Å². The molecular formula is C30H28BrFN6O2. The van der Waals surface area contributed by atoms with E-state index in [1.807, 2.05) is 4.68 Å². The van der Waals surface area contributed by atoms with Crippen molar-refractivity contribution < 1.29 is 14.0 Å². The Morgan fingerprint density at radius 2 is 1.93 bits per heavy atom. The number of nitrogens with one attached hydrogen (secondary N) is 1. The molecule has 0 radical (unpaired) electrons. The first kappa shape index (κ1) is 25.2. The van der Waals surface area contributed by atoms with Crippen molar-refractivity contribution in [1.29, 1.82) is 0 Å². The molecule has 2 aromatic carbocycles. The summed E-state index contributed by atoms with van der Waals surface area (Å²) in [6.45, 7) is 4.02.